The minimum Gasteiger partial charge on any atom is -0.465 e. The van der Waals surface area contributed by atoms with Crippen molar-refractivity contribution >= 4 is 5.97 Å². The largest absolute Gasteiger partial charge is 0.465 e. The number of nitrogens with two attached hydrogens (primary N) is 1. The van der Waals surface area contributed by atoms with Gasteiger partial charge in [0.05, 0.1) is 6.61 Å². The number of hydrogen-bond acceptors (Lipinski definition) is 3. The summed E-state index contributed by atoms with van der Waals surface area (Å²) in [5, 5.41) is 0. The lowest BCUT2D eigenvalue weighted by Gasteiger charge is -2.31. The van der Waals surface area contributed by atoms with E-state index in [1.165, 1.54) is 19.1 Å². The van der Waals surface area contributed by atoms with Crippen molar-refractivity contribution in [3.63, 3.8) is 0 Å². The number of benzene rings is 1. The van der Waals surface area contributed by atoms with E-state index in [2.05, 4.69) is 0 Å². The molecule has 0 saturated heterocycles. The zero-order valence-electron chi connectivity index (χ0n) is 11.5. The molecular weight excluding hydrogens is 290 g/mol. The first-order valence-electron chi connectivity index (χ1n) is 6.45. The maximum atomic E-state index is 13.3. The molecule has 1 aromatic rings. The molecule has 0 aliphatic carbocycles. The zero-order valence-corrected chi connectivity index (χ0v) is 11.5. The van der Waals surface area contributed by atoms with Crippen molar-refractivity contribution in [2.45, 2.75) is 31.4 Å². The van der Waals surface area contributed by atoms with E-state index in [1.807, 2.05) is 0 Å². The number of ether oxygens (including phenoxy) is 1. The second-order valence-electron chi connectivity index (χ2n) is 4.63. The Hall–Kier alpha value is -1.63. The molecule has 1 rings (SSSR count). The minimum absolute atomic E-state index is 0.00190. The average molecular weight is 307 g/mol. The molecule has 1 unspecified atom stereocenters. The van der Waals surface area contributed by atoms with Crippen LogP contribution >= 0.6 is 0 Å². The van der Waals surface area contributed by atoms with Crippen molar-refractivity contribution in [2.24, 2.45) is 5.73 Å². The summed E-state index contributed by atoms with van der Waals surface area (Å²) in [5.41, 5.74) is 3.95. The molecular formula is C14H17F4NO2. The highest BCUT2D eigenvalue weighted by atomic mass is 19.4. The van der Waals surface area contributed by atoms with Crippen LogP contribution in [0.2, 0.25) is 0 Å². The van der Waals surface area contributed by atoms with Crippen molar-refractivity contribution in [2.75, 3.05) is 13.2 Å². The third kappa shape index (κ3) is 4.42. The maximum absolute atomic E-state index is 13.3. The van der Waals surface area contributed by atoms with Crippen LogP contribution in [0.25, 0.3) is 0 Å². The van der Waals surface area contributed by atoms with E-state index < -0.39 is 42.8 Å². The fraction of sp³-hybridized carbons (Fsp3) is 0.500. The number of carbonyl (C=O) groups excluding carboxylic acids is 1. The fourth-order valence-electron chi connectivity index (χ4n) is 2.08. The summed E-state index contributed by atoms with van der Waals surface area (Å²) >= 11 is 0. The van der Waals surface area contributed by atoms with Crippen LogP contribution in [-0.2, 0) is 14.9 Å². The summed E-state index contributed by atoms with van der Waals surface area (Å²) in [6.07, 6.45) is -6.24. The Labute approximate surface area is 120 Å². The van der Waals surface area contributed by atoms with Crippen LogP contribution in [0.1, 0.15) is 25.3 Å². The first-order chi connectivity index (χ1) is 9.75. The number of alkyl halides is 3. The predicted octanol–water partition coefficient (Wildman–Crippen LogP) is 2.93. The maximum Gasteiger partial charge on any atom is 0.389 e. The number of carbonyl (C=O) groups is 1. The summed E-state index contributed by atoms with van der Waals surface area (Å²) in [4.78, 5) is 12.1. The van der Waals surface area contributed by atoms with Crippen molar-refractivity contribution in [1.82, 2.24) is 0 Å². The van der Waals surface area contributed by atoms with Crippen LogP contribution in [0.4, 0.5) is 17.6 Å². The third-order valence-corrected chi connectivity index (χ3v) is 3.23. The Kier molecular flexibility index (Phi) is 5.71. The molecule has 0 aliphatic rings. The molecule has 7 heteroatoms. The Morgan fingerprint density at radius 2 is 1.95 bits per heavy atom. The monoisotopic (exact) mass is 307 g/mol. The summed E-state index contributed by atoms with van der Waals surface area (Å²) in [6.45, 7) is 1.14. The molecule has 21 heavy (non-hydrogen) atoms. The Bertz CT molecular complexity index is 490. The topological polar surface area (TPSA) is 52.3 Å². The van der Waals surface area contributed by atoms with E-state index in [-0.39, 0.29) is 12.2 Å². The standard InChI is InChI=1S/C14H17F4NO2/c1-2-21-12(20)13(9-19,6-7-14(16,17)18)10-4-3-5-11(15)8-10/h3-5,8H,2,6-7,9,19H2,1H3. The van der Waals surface area contributed by atoms with Gasteiger partial charge in [0, 0.05) is 13.0 Å². The summed E-state index contributed by atoms with van der Waals surface area (Å²) in [5.74, 6) is -1.52. The molecule has 0 amide bonds. The van der Waals surface area contributed by atoms with Gasteiger partial charge >= 0.3 is 12.1 Å². The highest BCUT2D eigenvalue weighted by molar-refractivity contribution is 5.83. The highest BCUT2D eigenvalue weighted by Crippen LogP contribution is 2.35. The molecule has 0 fully saturated rings. The van der Waals surface area contributed by atoms with Gasteiger partial charge in [-0.3, -0.25) is 4.79 Å². The van der Waals surface area contributed by atoms with E-state index in [1.54, 1.807) is 0 Å². The number of esters is 1. The SMILES string of the molecule is CCOC(=O)C(CN)(CCC(F)(F)F)c1cccc(F)c1. The minimum atomic E-state index is -4.44. The molecule has 0 bridgehead atoms. The van der Waals surface area contributed by atoms with Crippen molar-refractivity contribution in [3.05, 3.63) is 35.6 Å². The van der Waals surface area contributed by atoms with Gasteiger partial charge in [-0.1, -0.05) is 12.1 Å². The van der Waals surface area contributed by atoms with E-state index in [0.29, 0.717) is 0 Å². The first kappa shape index (κ1) is 17.4. The average Bonchev–Trinajstić information content (AvgIpc) is 2.39. The summed E-state index contributed by atoms with van der Waals surface area (Å²) < 4.78 is 55.7. The first-order valence-corrected chi connectivity index (χ1v) is 6.45. The molecule has 118 valence electrons. The van der Waals surface area contributed by atoms with Gasteiger partial charge in [0.1, 0.15) is 11.2 Å². The highest BCUT2D eigenvalue weighted by Gasteiger charge is 2.43. The molecule has 0 spiro atoms. The summed E-state index contributed by atoms with van der Waals surface area (Å²) in [7, 11) is 0. The van der Waals surface area contributed by atoms with Crippen molar-refractivity contribution in [1.29, 1.82) is 0 Å². The molecule has 0 heterocycles. The van der Waals surface area contributed by atoms with E-state index in [0.717, 1.165) is 12.1 Å². The van der Waals surface area contributed by atoms with Gasteiger partial charge in [0.25, 0.3) is 0 Å². The smallest absolute Gasteiger partial charge is 0.389 e. The van der Waals surface area contributed by atoms with Crippen LogP contribution in [-0.4, -0.2) is 25.3 Å². The van der Waals surface area contributed by atoms with Gasteiger partial charge < -0.3 is 10.5 Å². The predicted molar refractivity (Wildman–Crippen MR) is 69.1 cm³/mol. The van der Waals surface area contributed by atoms with Crippen molar-refractivity contribution in [3.8, 4) is 0 Å². The van der Waals surface area contributed by atoms with Crippen LogP contribution in [0.3, 0.4) is 0 Å². The van der Waals surface area contributed by atoms with Gasteiger partial charge in [0.2, 0.25) is 0 Å². The Morgan fingerprint density at radius 3 is 2.43 bits per heavy atom. The molecule has 3 nitrogen and oxygen atoms in total. The van der Waals surface area contributed by atoms with Gasteiger partial charge in [-0.25, -0.2) is 4.39 Å². The van der Waals surface area contributed by atoms with E-state index in [9.17, 15) is 22.4 Å². The number of rotatable bonds is 6. The van der Waals surface area contributed by atoms with Gasteiger partial charge in [-0.2, -0.15) is 13.2 Å². The molecule has 0 radical (unpaired) electrons. The Balaban J connectivity index is 3.22. The van der Waals surface area contributed by atoms with Gasteiger partial charge in [-0.15, -0.1) is 0 Å². The second-order valence-corrected chi connectivity index (χ2v) is 4.63. The fourth-order valence-corrected chi connectivity index (χ4v) is 2.08. The molecule has 1 aromatic carbocycles. The zero-order chi connectivity index (χ0) is 16.1. The van der Waals surface area contributed by atoms with Crippen LogP contribution in [0.5, 0.6) is 0 Å². The lowest BCUT2D eigenvalue weighted by atomic mass is 9.76. The lowest BCUT2D eigenvalue weighted by Crippen LogP contribution is -2.45. The van der Waals surface area contributed by atoms with Crippen molar-refractivity contribution < 1.29 is 27.1 Å². The normalized spacial score (nSPS) is 14.6. The number of hydrogen-bond donors (Lipinski definition) is 1. The van der Waals surface area contributed by atoms with E-state index >= 15 is 0 Å². The molecule has 2 N–H and O–H groups in total. The Morgan fingerprint density at radius 1 is 1.29 bits per heavy atom. The molecule has 0 aromatic heterocycles. The molecule has 0 saturated carbocycles. The van der Waals surface area contributed by atoms with Gasteiger partial charge in [-0.05, 0) is 31.0 Å². The second kappa shape index (κ2) is 6.89. The third-order valence-electron chi connectivity index (χ3n) is 3.23. The van der Waals surface area contributed by atoms with E-state index in [4.69, 9.17) is 10.5 Å². The van der Waals surface area contributed by atoms with Crippen LogP contribution in [0, 0.1) is 5.82 Å². The lowest BCUT2D eigenvalue weighted by molar-refractivity contribution is -0.156. The number of halogens is 4. The summed E-state index contributed by atoms with van der Waals surface area (Å²) in [6, 6.07) is 4.85. The van der Waals surface area contributed by atoms with Crippen LogP contribution in [0.15, 0.2) is 24.3 Å². The van der Waals surface area contributed by atoms with Gasteiger partial charge in [0.15, 0.2) is 0 Å². The molecule has 1 atom stereocenters. The quantitative estimate of drug-likeness (QED) is 0.649. The van der Waals surface area contributed by atoms with Crippen LogP contribution < -0.4 is 5.73 Å². The molecule has 0 aliphatic heterocycles.